The molecule has 0 aliphatic carbocycles. The minimum absolute atomic E-state index is 0.247. The van der Waals surface area contributed by atoms with E-state index in [-0.39, 0.29) is 11.4 Å². The molecule has 0 fully saturated rings. The summed E-state index contributed by atoms with van der Waals surface area (Å²) in [6.45, 7) is 3.70. The van der Waals surface area contributed by atoms with Crippen LogP contribution in [0.4, 0.5) is 9.52 Å². The Bertz CT molecular complexity index is 893. The normalized spacial score (nSPS) is 11.8. The Morgan fingerprint density at radius 2 is 2.05 bits per heavy atom. The van der Waals surface area contributed by atoms with Gasteiger partial charge in [0.1, 0.15) is 5.82 Å². The number of nitrogens with one attached hydrogen (secondary N) is 3. The standard InChI is InChI=1S/C14H11FN4OS/c1-8-11(13(20)19-18-8)6-16-14-17-12(7-21-14)9-2-4-10(15)5-3-9/h2-7,18H,1H2,(H,16,17)(H,19,20)/b11-6-. The first kappa shape index (κ1) is 13.3. The number of H-pyrrole nitrogens is 2. The fourth-order valence-corrected chi connectivity index (χ4v) is 2.47. The summed E-state index contributed by atoms with van der Waals surface area (Å²) >= 11 is 1.39. The van der Waals surface area contributed by atoms with Crippen LogP contribution in [0, 0.1) is 5.82 Å². The molecule has 2 aromatic heterocycles. The van der Waals surface area contributed by atoms with E-state index in [2.05, 4.69) is 27.1 Å². The molecule has 0 amide bonds. The van der Waals surface area contributed by atoms with Crippen molar-refractivity contribution in [2.45, 2.75) is 0 Å². The van der Waals surface area contributed by atoms with Crippen LogP contribution < -0.4 is 21.4 Å². The van der Waals surface area contributed by atoms with Crippen LogP contribution in [0.25, 0.3) is 24.0 Å². The van der Waals surface area contributed by atoms with Crippen LogP contribution in [0.3, 0.4) is 0 Å². The highest BCUT2D eigenvalue weighted by atomic mass is 32.1. The van der Waals surface area contributed by atoms with E-state index in [4.69, 9.17) is 0 Å². The maximum absolute atomic E-state index is 12.9. The average Bonchev–Trinajstić information content (AvgIpc) is 3.06. The zero-order valence-electron chi connectivity index (χ0n) is 10.8. The van der Waals surface area contributed by atoms with Gasteiger partial charge in [-0.05, 0) is 24.3 Å². The van der Waals surface area contributed by atoms with E-state index >= 15 is 0 Å². The molecule has 0 saturated heterocycles. The van der Waals surface area contributed by atoms with Crippen LogP contribution in [0.1, 0.15) is 0 Å². The number of aromatic nitrogens is 3. The van der Waals surface area contributed by atoms with Gasteiger partial charge in [-0.2, -0.15) is 0 Å². The number of thiazole rings is 1. The highest BCUT2D eigenvalue weighted by Gasteiger charge is 2.04. The van der Waals surface area contributed by atoms with E-state index in [1.165, 1.54) is 23.5 Å². The van der Waals surface area contributed by atoms with Crippen molar-refractivity contribution in [1.29, 1.82) is 0 Å². The molecule has 0 aliphatic rings. The molecule has 0 unspecified atom stereocenters. The number of hydrogen-bond acceptors (Lipinski definition) is 4. The van der Waals surface area contributed by atoms with E-state index in [0.29, 0.717) is 15.7 Å². The van der Waals surface area contributed by atoms with Crippen LogP contribution in [0.5, 0.6) is 0 Å². The molecule has 2 heterocycles. The summed E-state index contributed by atoms with van der Waals surface area (Å²) in [5, 5.41) is 11.5. The van der Waals surface area contributed by atoms with Gasteiger partial charge in [0.15, 0.2) is 5.13 Å². The molecule has 5 nitrogen and oxygen atoms in total. The summed E-state index contributed by atoms with van der Waals surface area (Å²) in [4.78, 5) is 15.8. The van der Waals surface area contributed by atoms with E-state index in [9.17, 15) is 9.18 Å². The first-order chi connectivity index (χ1) is 10.1. The van der Waals surface area contributed by atoms with E-state index in [1.54, 1.807) is 18.3 Å². The molecule has 0 spiro atoms. The maximum Gasteiger partial charge on any atom is 0.273 e. The van der Waals surface area contributed by atoms with Gasteiger partial charge in [-0.15, -0.1) is 11.3 Å². The van der Waals surface area contributed by atoms with Gasteiger partial charge >= 0.3 is 0 Å². The van der Waals surface area contributed by atoms with Crippen molar-refractivity contribution in [2.75, 3.05) is 5.32 Å². The molecule has 3 aromatic rings. The second-order valence-corrected chi connectivity index (χ2v) is 5.16. The lowest BCUT2D eigenvalue weighted by Gasteiger charge is -1.95. The maximum atomic E-state index is 12.9. The Morgan fingerprint density at radius 1 is 1.29 bits per heavy atom. The van der Waals surface area contributed by atoms with Crippen molar-refractivity contribution in [3.63, 3.8) is 0 Å². The third kappa shape index (κ3) is 2.77. The van der Waals surface area contributed by atoms with E-state index < -0.39 is 0 Å². The first-order valence-corrected chi connectivity index (χ1v) is 6.95. The molecular weight excluding hydrogens is 291 g/mol. The van der Waals surface area contributed by atoms with Crippen LogP contribution in [0.2, 0.25) is 0 Å². The Kier molecular flexibility index (Phi) is 3.41. The third-order valence-electron chi connectivity index (χ3n) is 2.88. The molecule has 0 saturated carbocycles. The molecule has 21 heavy (non-hydrogen) atoms. The van der Waals surface area contributed by atoms with Gasteiger partial charge in [0, 0.05) is 17.1 Å². The van der Waals surface area contributed by atoms with Crippen molar-refractivity contribution in [1.82, 2.24) is 15.2 Å². The first-order valence-electron chi connectivity index (χ1n) is 6.07. The number of halogens is 1. The Hall–Kier alpha value is -2.67. The van der Waals surface area contributed by atoms with Gasteiger partial charge in [0.2, 0.25) is 0 Å². The molecule has 7 heteroatoms. The van der Waals surface area contributed by atoms with Crippen LogP contribution in [-0.2, 0) is 0 Å². The van der Waals surface area contributed by atoms with Crippen LogP contribution >= 0.6 is 11.3 Å². The molecule has 1 aromatic carbocycles. The monoisotopic (exact) mass is 302 g/mol. The lowest BCUT2D eigenvalue weighted by Crippen LogP contribution is -2.33. The minimum atomic E-state index is -0.282. The van der Waals surface area contributed by atoms with Gasteiger partial charge in [-0.25, -0.2) is 9.37 Å². The highest BCUT2D eigenvalue weighted by molar-refractivity contribution is 7.14. The number of aromatic amines is 2. The Balaban J connectivity index is 1.86. The van der Waals surface area contributed by atoms with E-state index in [1.807, 2.05) is 5.38 Å². The van der Waals surface area contributed by atoms with Crippen molar-refractivity contribution in [3.8, 4) is 11.3 Å². The molecule has 0 radical (unpaired) electrons. The van der Waals surface area contributed by atoms with Gasteiger partial charge in [-0.1, -0.05) is 6.58 Å². The zero-order chi connectivity index (χ0) is 14.8. The van der Waals surface area contributed by atoms with Crippen molar-refractivity contribution in [2.24, 2.45) is 0 Å². The Morgan fingerprint density at radius 3 is 2.71 bits per heavy atom. The smallest absolute Gasteiger partial charge is 0.273 e. The predicted molar refractivity (Wildman–Crippen MR) is 81.8 cm³/mol. The second-order valence-electron chi connectivity index (χ2n) is 4.30. The SMILES string of the molecule is C=c1[nH][nH]c(=O)/c1=C\Nc1nc(-c2ccc(F)cc2)cs1. The fourth-order valence-electron chi connectivity index (χ4n) is 1.78. The van der Waals surface area contributed by atoms with Crippen LogP contribution in [0.15, 0.2) is 34.4 Å². The fraction of sp³-hybridized carbons (Fsp3) is 0. The van der Waals surface area contributed by atoms with Gasteiger partial charge < -0.3 is 5.32 Å². The molecule has 0 aliphatic heterocycles. The van der Waals surface area contributed by atoms with Crippen LogP contribution in [-0.4, -0.2) is 15.2 Å². The molecule has 106 valence electrons. The summed E-state index contributed by atoms with van der Waals surface area (Å²) in [6, 6.07) is 6.12. The van der Waals surface area contributed by atoms with Gasteiger partial charge in [0.25, 0.3) is 5.56 Å². The highest BCUT2D eigenvalue weighted by Crippen LogP contribution is 2.24. The number of nitrogens with zero attached hydrogens (tertiary/aromatic N) is 1. The number of benzene rings is 1. The predicted octanol–water partition coefficient (Wildman–Crippen LogP) is 1.23. The lowest BCUT2D eigenvalue weighted by atomic mass is 10.2. The molecule has 3 N–H and O–H groups in total. The quantitative estimate of drug-likeness (QED) is 0.681. The summed E-state index contributed by atoms with van der Waals surface area (Å²) in [7, 11) is 0. The number of rotatable bonds is 3. The summed E-state index contributed by atoms with van der Waals surface area (Å²) in [6.07, 6.45) is 1.55. The minimum Gasteiger partial charge on any atom is -0.337 e. The lowest BCUT2D eigenvalue weighted by molar-refractivity contribution is 0.628. The number of hydrogen-bond donors (Lipinski definition) is 3. The van der Waals surface area contributed by atoms with Crippen molar-refractivity contribution in [3.05, 3.63) is 56.4 Å². The topological polar surface area (TPSA) is 73.6 Å². The summed E-state index contributed by atoms with van der Waals surface area (Å²) < 4.78 is 12.9. The Labute approximate surface area is 122 Å². The van der Waals surface area contributed by atoms with Crippen molar-refractivity contribution >= 4 is 29.2 Å². The number of anilines is 1. The molecule has 3 rings (SSSR count). The van der Waals surface area contributed by atoms with Crippen molar-refractivity contribution < 1.29 is 4.39 Å². The zero-order valence-corrected chi connectivity index (χ0v) is 11.6. The molecule has 0 bridgehead atoms. The second kappa shape index (κ2) is 5.37. The van der Waals surface area contributed by atoms with Gasteiger partial charge in [0.05, 0.1) is 16.3 Å². The van der Waals surface area contributed by atoms with E-state index in [0.717, 1.165) is 11.3 Å². The van der Waals surface area contributed by atoms with Gasteiger partial charge in [-0.3, -0.25) is 15.0 Å². The average molecular weight is 302 g/mol. The third-order valence-corrected chi connectivity index (χ3v) is 3.65. The summed E-state index contributed by atoms with van der Waals surface area (Å²) in [5.41, 5.74) is 1.33. The largest absolute Gasteiger partial charge is 0.337 e. The molecule has 0 atom stereocenters. The molecular formula is C14H11FN4OS. The summed E-state index contributed by atoms with van der Waals surface area (Å²) in [5.74, 6) is -0.282.